The van der Waals surface area contributed by atoms with Crippen LogP contribution in [0.2, 0.25) is 0 Å². The average molecular weight is 529 g/mol. The fourth-order valence-electron chi connectivity index (χ4n) is 3.55. The third-order valence-corrected chi connectivity index (χ3v) is 6.30. The molecule has 2 aromatic carbocycles. The van der Waals surface area contributed by atoms with E-state index in [9.17, 15) is 19.2 Å². The number of hydrogen-bond donors (Lipinski definition) is 1. The molecule has 0 saturated carbocycles. The molecule has 34 heavy (non-hydrogen) atoms. The maximum absolute atomic E-state index is 12.7. The van der Waals surface area contributed by atoms with Gasteiger partial charge in [-0.15, -0.1) is 0 Å². The number of carbonyl (C=O) groups excluding carboxylic acids is 2. The molecule has 0 aliphatic carbocycles. The number of carbonyl (C=O) groups is 2. The monoisotopic (exact) mass is 528 g/mol. The molecule has 1 aliphatic rings. The largest absolute Gasteiger partial charge is 0.459 e. The van der Waals surface area contributed by atoms with E-state index in [-0.39, 0.29) is 6.61 Å². The van der Waals surface area contributed by atoms with Crippen LogP contribution in [0.3, 0.4) is 0 Å². The number of halogens is 1. The van der Waals surface area contributed by atoms with Gasteiger partial charge in [-0.3, -0.25) is 14.3 Å². The predicted octanol–water partition coefficient (Wildman–Crippen LogP) is 2.59. The molecule has 4 rings (SSSR count). The molecule has 0 bridgehead atoms. The minimum atomic E-state index is -0.933. The lowest BCUT2D eigenvalue weighted by atomic mass is 10.1. The van der Waals surface area contributed by atoms with Crippen LogP contribution in [0.1, 0.15) is 32.5 Å². The molecular formula is C24H21BrN2O7. The van der Waals surface area contributed by atoms with Crippen molar-refractivity contribution in [3.05, 3.63) is 104 Å². The number of rotatable bonds is 6. The Kier molecular flexibility index (Phi) is 7.09. The Balaban J connectivity index is 1.59. The van der Waals surface area contributed by atoms with Gasteiger partial charge in [0.05, 0.1) is 16.0 Å². The molecule has 1 aromatic heterocycles. The van der Waals surface area contributed by atoms with Crippen molar-refractivity contribution in [1.82, 2.24) is 9.55 Å². The zero-order valence-corrected chi connectivity index (χ0v) is 19.6. The van der Waals surface area contributed by atoms with Crippen LogP contribution in [0.4, 0.5) is 0 Å². The molecule has 3 aromatic rings. The van der Waals surface area contributed by atoms with Crippen LogP contribution in [-0.2, 0) is 14.2 Å². The van der Waals surface area contributed by atoms with Gasteiger partial charge >= 0.3 is 17.6 Å². The molecule has 1 fully saturated rings. The number of nitrogens with zero attached hydrogens (tertiary/aromatic N) is 1. The second kappa shape index (κ2) is 10.2. The van der Waals surface area contributed by atoms with Crippen molar-refractivity contribution in [3.8, 4) is 0 Å². The Hall–Kier alpha value is -3.50. The molecule has 176 valence electrons. The number of H-pyrrole nitrogens is 1. The van der Waals surface area contributed by atoms with Gasteiger partial charge in [-0.2, -0.15) is 0 Å². The first-order valence-electron chi connectivity index (χ1n) is 10.4. The molecule has 0 radical (unpaired) electrons. The molecule has 1 aliphatic heterocycles. The van der Waals surface area contributed by atoms with Gasteiger partial charge in [0.1, 0.15) is 18.8 Å². The van der Waals surface area contributed by atoms with Crippen LogP contribution in [-0.4, -0.2) is 45.1 Å². The molecule has 2 heterocycles. The normalized spacial score (nSPS) is 21.7. The van der Waals surface area contributed by atoms with E-state index in [1.807, 2.05) is 0 Å². The van der Waals surface area contributed by atoms with E-state index >= 15 is 0 Å². The summed E-state index contributed by atoms with van der Waals surface area (Å²) in [6.07, 6.45) is -1.35. The Morgan fingerprint density at radius 3 is 2.21 bits per heavy atom. The molecule has 10 heteroatoms. The smallest absolute Gasteiger partial charge is 0.338 e. The Labute approximate surface area is 202 Å². The van der Waals surface area contributed by atoms with E-state index < -0.39 is 46.5 Å². The van der Waals surface area contributed by atoms with Gasteiger partial charge in [0, 0.05) is 11.8 Å². The molecule has 4 atom stereocenters. The standard InChI is InChI=1S/C24H21BrN2O7/c1-14-12-27(24(31)26-20(14)28)21-18(25)19(34-23(30)16-10-6-3-7-11-16)17(33-21)13-32-22(29)15-8-4-2-5-9-15/h2-12,17-19,21H,13H2,1H3,(H,26,28,31)/t17-,18-,19+,21-/m1/s1. The van der Waals surface area contributed by atoms with Crippen LogP contribution < -0.4 is 11.2 Å². The minimum Gasteiger partial charge on any atom is -0.459 e. The van der Waals surface area contributed by atoms with Crippen LogP contribution in [0.5, 0.6) is 0 Å². The summed E-state index contributed by atoms with van der Waals surface area (Å²) in [6.45, 7) is 1.33. The molecule has 1 saturated heterocycles. The first kappa shape index (κ1) is 23.7. The summed E-state index contributed by atoms with van der Waals surface area (Å²) in [5, 5.41) is 0. The van der Waals surface area contributed by atoms with E-state index in [0.29, 0.717) is 16.7 Å². The molecule has 0 unspecified atom stereocenters. The van der Waals surface area contributed by atoms with Crippen LogP contribution in [0.15, 0.2) is 76.4 Å². The number of hydrogen-bond acceptors (Lipinski definition) is 7. The maximum Gasteiger partial charge on any atom is 0.338 e. The van der Waals surface area contributed by atoms with E-state index in [4.69, 9.17) is 14.2 Å². The topological polar surface area (TPSA) is 117 Å². The van der Waals surface area contributed by atoms with Gasteiger partial charge in [0.15, 0.2) is 6.23 Å². The summed E-state index contributed by atoms with van der Waals surface area (Å²) < 4.78 is 18.3. The van der Waals surface area contributed by atoms with Crippen molar-refractivity contribution in [3.63, 3.8) is 0 Å². The second-order valence-corrected chi connectivity index (χ2v) is 8.75. The van der Waals surface area contributed by atoms with E-state index in [0.717, 1.165) is 0 Å². The number of aromatic nitrogens is 2. The second-order valence-electron chi connectivity index (χ2n) is 7.69. The van der Waals surface area contributed by atoms with Gasteiger partial charge in [0.2, 0.25) is 0 Å². The highest BCUT2D eigenvalue weighted by Gasteiger charge is 2.48. The zero-order valence-electron chi connectivity index (χ0n) is 18.1. The number of esters is 2. The predicted molar refractivity (Wildman–Crippen MR) is 125 cm³/mol. The van der Waals surface area contributed by atoms with E-state index in [1.165, 1.54) is 10.8 Å². The third kappa shape index (κ3) is 5.02. The fourth-order valence-corrected chi connectivity index (χ4v) is 4.38. The lowest BCUT2D eigenvalue weighted by molar-refractivity contribution is -0.0582. The molecule has 0 spiro atoms. The van der Waals surface area contributed by atoms with Crippen molar-refractivity contribution in [2.45, 2.75) is 30.2 Å². The summed E-state index contributed by atoms with van der Waals surface area (Å²) in [5.74, 6) is -1.16. The highest BCUT2D eigenvalue weighted by atomic mass is 79.9. The highest BCUT2D eigenvalue weighted by Crippen LogP contribution is 2.36. The van der Waals surface area contributed by atoms with Gasteiger partial charge < -0.3 is 14.2 Å². The Bertz CT molecular complexity index is 1290. The van der Waals surface area contributed by atoms with Crippen molar-refractivity contribution in [2.75, 3.05) is 6.61 Å². The summed E-state index contributed by atoms with van der Waals surface area (Å²) >= 11 is 3.48. The average Bonchev–Trinajstić information content (AvgIpc) is 3.15. The van der Waals surface area contributed by atoms with Crippen molar-refractivity contribution >= 4 is 27.9 Å². The number of ether oxygens (including phenoxy) is 3. The zero-order chi connectivity index (χ0) is 24.2. The summed E-state index contributed by atoms with van der Waals surface area (Å²) in [7, 11) is 0. The molecule has 9 nitrogen and oxygen atoms in total. The first-order valence-corrected chi connectivity index (χ1v) is 11.4. The van der Waals surface area contributed by atoms with Gasteiger partial charge in [0.25, 0.3) is 5.56 Å². The van der Waals surface area contributed by atoms with E-state index in [1.54, 1.807) is 67.6 Å². The van der Waals surface area contributed by atoms with Gasteiger partial charge in [-0.1, -0.05) is 52.3 Å². The quantitative estimate of drug-likeness (QED) is 0.386. The van der Waals surface area contributed by atoms with Gasteiger partial charge in [-0.05, 0) is 31.2 Å². The number of benzene rings is 2. The van der Waals surface area contributed by atoms with Crippen LogP contribution in [0, 0.1) is 6.92 Å². The highest BCUT2D eigenvalue weighted by molar-refractivity contribution is 9.09. The van der Waals surface area contributed by atoms with E-state index in [2.05, 4.69) is 20.9 Å². The lowest BCUT2D eigenvalue weighted by Crippen LogP contribution is -2.38. The van der Waals surface area contributed by atoms with Crippen molar-refractivity contribution in [2.24, 2.45) is 0 Å². The Morgan fingerprint density at radius 2 is 1.59 bits per heavy atom. The Morgan fingerprint density at radius 1 is 1.00 bits per heavy atom. The van der Waals surface area contributed by atoms with Crippen molar-refractivity contribution in [1.29, 1.82) is 0 Å². The minimum absolute atomic E-state index is 0.226. The number of alkyl halides is 1. The van der Waals surface area contributed by atoms with Crippen LogP contribution >= 0.6 is 15.9 Å². The molecule has 1 N–H and O–H groups in total. The fraction of sp³-hybridized carbons (Fsp3) is 0.250. The van der Waals surface area contributed by atoms with Gasteiger partial charge in [-0.25, -0.2) is 14.4 Å². The summed E-state index contributed by atoms with van der Waals surface area (Å²) in [5.41, 5.74) is -0.189. The molecular weight excluding hydrogens is 508 g/mol. The van der Waals surface area contributed by atoms with Crippen LogP contribution in [0.25, 0.3) is 0 Å². The third-order valence-electron chi connectivity index (χ3n) is 5.33. The van der Waals surface area contributed by atoms with Crippen molar-refractivity contribution < 1.29 is 23.8 Å². The number of aromatic amines is 1. The lowest BCUT2D eigenvalue weighted by Gasteiger charge is -2.20. The summed E-state index contributed by atoms with van der Waals surface area (Å²) in [6, 6.07) is 16.8. The SMILES string of the molecule is Cc1cn([C@@H]2O[C@H](COC(=O)c3ccccc3)[C@H](OC(=O)c3ccccc3)[C@H]2Br)c(=O)[nH]c1=O. The summed E-state index contributed by atoms with van der Waals surface area (Å²) in [4.78, 5) is 50.9. The first-order chi connectivity index (χ1) is 16.3. The molecule has 0 amide bonds. The maximum atomic E-state index is 12.7. The number of nitrogens with one attached hydrogen (secondary N) is 1. The number of aryl methyl sites for hydroxylation is 1.